The van der Waals surface area contributed by atoms with Crippen molar-refractivity contribution < 1.29 is 5.11 Å². The van der Waals surface area contributed by atoms with Gasteiger partial charge in [0.15, 0.2) is 0 Å². The summed E-state index contributed by atoms with van der Waals surface area (Å²) in [5.74, 6) is 1.09. The Bertz CT molecular complexity index is 958. The predicted octanol–water partition coefficient (Wildman–Crippen LogP) is 2.73. The fourth-order valence-electron chi connectivity index (χ4n) is 3.08. The van der Waals surface area contributed by atoms with Gasteiger partial charge in [-0.2, -0.15) is 0 Å². The highest BCUT2D eigenvalue weighted by Gasteiger charge is 2.31. The molecule has 1 aromatic carbocycles. The van der Waals surface area contributed by atoms with E-state index in [0.29, 0.717) is 24.5 Å². The number of imidazole rings is 1. The highest BCUT2D eigenvalue weighted by molar-refractivity contribution is 6.23. The van der Waals surface area contributed by atoms with E-state index >= 15 is 0 Å². The van der Waals surface area contributed by atoms with Gasteiger partial charge < -0.3 is 14.6 Å². The van der Waals surface area contributed by atoms with E-state index in [1.54, 1.807) is 12.4 Å². The molecular weight excluding hydrogens is 302 g/mol. The molecule has 2 aromatic heterocycles. The van der Waals surface area contributed by atoms with Crippen molar-refractivity contribution >= 4 is 22.4 Å². The molecule has 0 saturated heterocycles. The summed E-state index contributed by atoms with van der Waals surface area (Å²) in [6.07, 6.45) is 3.50. The van der Waals surface area contributed by atoms with Crippen LogP contribution in [0.25, 0.3) is 16.6 Å². The van der Waals surface area contributed by atoms with Crippen LogP contribution in [0.3, 0.4) is 0 Å². The molecule has 6 heteroatoms. The number of aliphatic hydroxyl groups excluding tert-OH is 1. The molecule has 0 aliphatic carbocycles. The average Bonchev–Trinajstić information content (AvgIpc) is 3.06. The number of fused-ring (bicyclic) bond motifs is 1. The number of nitrogens with one attached hydrogen (secondary N) is 1. The fraction of sp³-hybridized carbons (Fsp3) is 0.167. The lowest BCUT2D eigenvalue weighted by molar-refractivity contribution is 0.346. The van der Waals surface area contributed by atoms with E-state index in [9.17, 15) is 5.11 Å². The molecule has 3 heterocycles. The first kappa shape index (κ1) is 14.4. The SMILES string of the molecule is Cn1c(C2=C(O)CN(Cc3cccnc3)C2=N)nc2ccccc21. The second kappa shape index (κ2) is 5.49. The zero-order valence-corrected chi connectivity index (χ0v) is 13.3. The minimum atomic E-state index is 0.183. The van der Waals surface area contributed by atoms with Gasteiger partial charge in [-0.15, -0.1) is 0 Å². The maximum absolute atomic E-state index is 10.4. The smallest absolute Gasteiger partial charge is 0.148 e. The number of hydrogen-bond donors (Lipinski definition) is 2. The summed E-state index contributed by atoms with van der Waals surface area (Å²) in [5, 5.41) is 18.9. The standard InChI is InChI=1S/C18H17N5O/c1-22-14-7-3-2-6-13(14)21-18(22)16-15(24)11-23(17(16)19)10-12-5-4-8-20-9-12/h2-9,19,24H,10-11H2,1H3. The van der Waals surface area contributed by atoms with Crippen LogP contribution in [0.2, 0.25) is 0 Å². The Balaban J connectivity index is 1.69. The van der Waals surface area contributed by atoms with Crippen LogP contribution in [0.15, 0.2) is 54.6 Å². The molecule has 0 radical (unpaired) electrons. The van der Waals surface area contributed by atoms with Gasteiger partial charge in [-0.25, -0.2) is 4.98 Å². The van der Waals surface area contributed by atoms with E-state index in [1.807, 2.05) is 52.9 Å². The third-order valence-corrected chi connectivity index (χ3v) is 4.29. The van der Waals surface area contributed by atoms with Crippen molar-refractivity contribution in [2.45, 2.75) is 6.54 Å². The molecule has 0 spiro atoms. The first-order valence-corrected chi connectivity index (χ1v) is 7.72. The molecule has 0 atom stereocenters. The van der Waals surface area contributed by atoms with Crippen LogP contribution in [0, 0.1) is 5.41 Å². The van der Waals surface area contributed by atoms with Crippen LogP contribution in [0.4, 0.5) is 0 Å². The largest absolute Gasteiger partial charge is 0.510 e. The van der Waals surface area contributed by atoms with E-state index in [1.165, 1.54) is 0 Å². The Morgan fingerprint density at radius 2 is 2.04 bits per heavy atom. The van der Waals surface area contributed by atoms with E-state index < -0.39 is 0 Å². The summed E-state index contributed by atoms with van der Waals surface area (Å²) in [7, 11) is 1.90. The maximum atomic E-state index is 10.4. The second-order valence-corrected chi connectivity index (χ2v) is 5.87. The number of amidine groups is 1. The van der Waals surface area contributed by atoms with Gasteiger partial charge in [0.05, 0.1) is 23.2 Å². The number of rotatable bonds is 3. The normalized spacial score (nSPS) is 14.9. The number of aryl methyl sites for hydroxylation is 1. The number of nitrogens with zero attached hydrogens (tertiary/aromatic N) is 4. The van der Waals surface area contributed by atoms with Crippen LogP contribution >= 0.6 is 0 Å². The molecule has 0 amide bonds. The van der Waals surface area contributed by atoms with E-state index in [0.717, 1.165) is 16.6 Å². The molecule has 120 valence electrons. The lowest BCUT2D eigenvalue weighted by atomic mass is 10.2. The molecule has 0 saturated carbocycles. The minimum Gasteiger partial charge on any atom is -0.510 e. The number of para-hydroxylation sites is 2. The average molecular weight is 319 g/mol. The minimum absolute atomic E-state index is 0.183. The van der Waals surface area contributed by atoms with Gasteiger partial charge in [-0.05, 0) is 23.8 Å². The van der Waals surface area contributed by atoms with Crippen molar-refractivity contribution in [3.63, 3.8) is 0 Å². The Morgan fingerprint density at radius 3 is 2.79 bits per heavy atom. The third-order valence-electron chi connectivity index (χ3n) is 4.29. The Morgan fingerprint density at radius 1 is 1.21 bits per heavy atom. The van der Waals surface area contributed by atoms with Crippen molar-refractivity contribution in [1.82, 2.24) is 19.4 Å². The van der Waals surface area contributed by atoms with Gasteiger partial charge in [0.2, 0.25) is 0 Å². The number of aromatic nitrogens is 3. The quantitative estimate of drug-likeness (QED) is 0.778. The second-order valence-electron chi connectivity index (χ2n) is 5.87. The van der Waals surface area contributed by atoms with E-state index in [2.05, 4.69) is 9.97 Å². The summed E-state index contributed by atoms with van der Waals surface area (Å²) in [5.41, 5.74) is 3.33. The summed E-state index contributed by atoms with van der Waals surface area (Å²) in [4.78, 5) is 10.5. The van der Waals surface area contributed by atoms with Crippen LogP contribution in [0.5, 0.6) is 0 Å². The van der Waals surface area contributed by atoms with Crippen molar-refractivity contribution in [1.29, 1.82) is 5.41 Å². The highest BCUT2D eigenvalue weighted by atomic mass is 16.3. The van der Waals surface area contributed by atoms with Gasteiger partial charge >= 0.3 is 0 Å². The molecule has 1 aliphatic rings. The highest BCUT2D eigenvalue weighted by Crippen LogP contribution is 2.29. The number of benzene rings is 1. The molecule has 24 heavy (non-hydrogen) atoms. The zero-order valence-electron chi connectivity index (χ0n) is 13.3. The number of hydrogen-bond acceptors (Lipinski definition) is 4. The van der Waals surface area contributed by atoms with Crippen LogP contribution in [-0.4, -0.2) is 36.9 Å². The van der Waals surface area contributed by atoms with Gasteiger partial charge in [-0.3, -0.25) is 10.4 Å². The number of pyridine rings is 1. The molecule has 6 nitrogen and oxygen atoms in total. The lowest BCUT2D eigenvalue weighted by Crippen LogP contribution is -2.26. The first-order valence-electron chi connectivity index (χ1n) is 7.72. The van der Waals surface area contributed by atoms with Crippen molar-refractivity contribution in [2.24, 2.45) is 7.05 Å². The summed E-state index contributed by atoms with van der Waals surface area (Å²) >= 11 is 0. The van der Waals surface area contributed by atoms with Gasteiger partial charge in [0.1, 0.15) is 17.4 Å². The summed E-state index contributed by atoms with van der Waals surface area (Å²) in [6, 6.07) is 11.6. The Kier molecular flexibility index (Phi) is 3.30. The van der Waals surface area contributed by atoms with Crippen LogP contribution in [0.1, 0.15) is 11.4 Å². The maximum Gasteiger partial charge on any atom is 0.148 e. The molecule has 0 bridgehead atoms. The van der Waals surface area contributed by atoms with Crippen LogP contribution < -0.4 is 0 Å². The molecule has 0 unspecified atom stereocenters. The molecule has 4 rings (SSSR count). The van der Waals surface area contributed by atoms with E-state index in [-0.39, 0.29) is 11.6 Å². The van der Waals surface area contributed by atoms with Gasteiger partial charge in [0.25, 0.3) is 0 Å². The van der Waals surface area contributed by atoms with Crippen LogP contribution in [-0.2, 0) is 13.6 Å². The predicted molar refractivity (Wildman–Crippen MR) is 92.6 cm³/mol. The van der Waals surface area contributed by atoms with Crippen molar-refractivity contribution in [3.8, 4) is 0 Å². The monoisotopic (exact) mass is 319 g/mol. The molecule has 3 aromatic rings. The third kappa shape index (κ3) is 2.23. The summed E-state index contributed by atoms with van der Waals surface area (Å²) in [6.45, 7) is 0.844. The molecule has 2 N–H and O–H groups in total. The zero-order chi connectivity index (χ0) is 16.7. The molecule has 1 aliphatic heterocycles. The molecular formula is C18H17N5O. The molecule has 0 fully saturated rings. The lowest BCUT2D eigenvalue weighted by Gasteiger charge is -2.18. The topological polar surface area (TPSA) is 78.0 Å². The van der Waals surface area contributed by atoms with Gasteiger partial charge in [-0.1, -0.05) is 18.2 Å². The van der Waals surface area contributed by atoms with E-state index in [4.69, 9.17) is 5.41 Å². The Hall–Kier alpha value is -3.15. The summed E-state index contributed by atoms with van der Waals surface area (Å²) < 4.78 is 1.92. The first-order chi connectivity index (χ1) is 11.6. The number of aliphatic hydroxyl groups is 1. The van der Waals surface area contributed by atoms with Gasteiger partial charge in [0, 0.05) is 26.0 Å². The fourth-order valence-corrected chi connectivity index (χ4v) is 3.08. The Labute approximate surface area is 139 Å². The van der Waals surface area contributed by atoms with Crippen molar-refractivity contribution in [3.05, 3.63) is 65.9 Å². The van der Waals surface area contributed by atoms with Crippen molar-refractivity contribution in [2.75, 3.05) is 6.54 Å².